The molecule has 0 heterocycles. The van der Waals surface area contributed by atoms with Gasteiger partial charge in [0, 0.05) is 6.04 Å². The van der Waals surface area contributed by atoms with Crippen LogP contribution >= 0.6 is 0 Å². The Balaban J connectivity index is 1.81. The molecule has 0 aliphatic carbocycles. The van der Waals surface area contributed by atoms with Gasteiger partial charge in [0.05, 0.1) is 0 Å². The topological polar surface area (TPSA) is 26.0 Å². The van der Waals surface area contributed by atoms with Crippen molar-refractivity contribution in [2.24, 2.45) is 5.73 Å². The molecular formula is C17H21N. The Bertz CT molecular complexity index is 459. The fourth-order valence-electron chi connectivity index (χ4n) is 2.15. The fourth-order valence-corrected chi connectivity index (χ4v) is 2.15. The Hall–Kier alpha value is -1.60. The highest BCUT2D eigenvalue weighted by Gasteiger charge is 2.05. The first-order valence-electron chi connectivity index (χ1n) is 6.62. The Labute approximate surface area is 110 Å². The van der Waals surface area contributed by atoms with Gasteiger partial charge in [0.2, 0.25) is 0 Å². The Morgan fingerprint density at radius 1 is 0.944 bits per heavy atom. The molecule has 0 saturated carbocycles. The summed E-state index contributed by atoms with van der Waals surface area (Å²) in [5, 5.41) is 0. The largest absolute Gasteiger partial charge is 0.324 e. The molecule has 0 bridgehead atoms. The minimum Gasteiger partial charge on any atom is -0.324 e. The van der Waals surface area contributed by atoms with Crippen LogP contribution in [0.1, 0.15) is 35.6 Å². The third-order valence-electron chi connectivity index (χ3n) is 3.33. The third-order valence-corrected chi connectivity index (χ3v) is 3.33. The number of hydrogen-bond donors (Lipinski definition) is 1. The molecule has 0 aromatic heterocycles. The molecule has 2 aromatic rings. The molecule has 0 radical (unpaired) electrons. The maximum atomic E-state index is 6.21. The number of nitrogens with two attached hydrogens (primary N) is 1. The van der Waals surface area contributed by atoms with Gasteiger partial charge in [-0.25, -0.2) is 0 Å². The van der Waals surface area contributed by atoms with E-state index >= 15 is 0 Å². The van der Waals surface area contributed by atoms with E-state index in [1.807, 2.05) is 0 Å². The highest BCUT2D eigenvalue weighted by atomic mass is 14.6. The van der Waals surface area contributed by atoms with Crippen molar-refractivity contribution in [2.75, 3.05) is 0 Å². The lowest BCUT2D eigenvalue weighted by Gasteiger charge is -2.12. The molecule has 2 rings (SSSR count). The second kappa shape index (κ2) is 6.36. The van der Waals surface area contributed by atoms with Gasteiger partial charge in [-0.3, -0.25) is 0 Å². The van der Waals surface area contributed by atoms with Crippen molar-refractivity contribution in [2.45, 2.75) is 32.2 Å². The molecule has 0 aliphatic heterocycles. The predicted octanol–water partition coefficient (Wildman–Crippen LogP) is 4.02. The Kier molecular flexibility index (Phi) is 4.54. The number of aryl methyl sites for hydroxylation is 2. The van der Waals surface area contributed by atoms with Crippen molar-refractivity contribution < 1.29 is 0 Å². The summed E-state index contributed by atoms with van der Waals surface area (Å²) in [6.07, 6.45) is 3.29. The Morgan fingerprint density at radius 2 is 1.61 bits per heavy atom. The quantitative estimate of drug-likeness (QED) is 0.838. The Morgan fingerprint density at radius 3 is 2.28 bits per heavy atom. The van der Waals surface area contributed by atoms with Crippen molar-refractivity contribution in [3.63, 3.8) is 0 Å². The SMILES string of the molecule is Cc1ccc(C(N)CCCc2ccccc2)cc1. The van der Waals surface area contributed by atoms with Crippen LogP contribution in [0.25, 0.3) is 0 Å². The van der Waals surface area contributed by atoms with E-state index in [0.29, 0.717) is 0 Å². The zero-order chi connectivity index (χ0) is 12.8. The predicted molar refractivity (Wildman–Crippen MR) is 77.5 cm³/mol. The van der Waals surface area contributed by atoms with Crippen molar-refractivity contribution in [1.29, 1.82) is 0 Å². The monoisotopic (exact) mass is 239 g/mol. The maximum Gasteiger partial charge on any atom is 0.0294 e. The van der Waals surface area contributed by atoms with Crippen LogP contribution < -0.4 is 5.73 Å². The van der Waals surface area contributed by atoms with Crippen LogP contribution in [0.5, 0.6) is 0 Å². The molecule has 1 atom stereocenters. The molecule has 2 aromatic carbocycles. The molecule has 0 saturated heterocycles. The minimum absolute atomic E-state index is 0.161. The standard InChI is InChI=1S/C17H21N/c1-14-10-12-16(13-11-14)17(18)9-5-8-15-6-3-2-4-7-15/h2-4,6-7,10-13,17H,5,8-9,18H2,1H3. The molecule has 0 amide bonds. The van der Waals surface area contributed by atoms with Crippen LogP contribution in [-0.4, -0.2) is 0 Å². The summed E-state index contributed by atoms with van der Waals surface area (Å²) >= 11 is 0. The summed E-state index contributed by atoms with van der Waals surface area (Å²) in [5.41, 5.74) is 10.1. The van der Waals surface area contributed by atoms with Gasteiger partial charge in [-0.15, -0.1) is 0 Å². The second-order valence-electron chi connectivity index (χ2n) is 4.90. The zero-order valence-corrected chi connectivity index (χ0v) is 11.0. The van der Waals surface area contributed by atoms with E-state index in [1.165, 1.54) is 16.7 Å². The molecule has 1 heteroatoms. The smallest absolute Gasteiger partial charge is 0.0294 e. The van der Waals surface area contributed by atoms with Gasteiger partial charge in [0.25, 0.3) is 0 Å². The first-order chi connectivity index (χ1) is 8.75. The second-order valence-corrected chi connectivity index (χ2v) is 4.90. The maximum absolute atomic E-state index is 6.21. The van der Waals surface area contributed by atoms with E-state index in [2.05, 4.69) is 61.5 Å². The van der Waals surface area contributed by atoms with E-state index in [4.69, 9.17) is 5.73 Å². The van der Waals surface area contributed by atoms with E-state index in [9.17, 15) is 0 Å². The first kappa shape index (κ1) is 12.8. The van der Waals surface area contributed by atoms with Crippen molar-refractivity contribution in [1.82, 2.24) is 0 Å². The van der Waals surface area contributed by atoms with E-state index in [0.717, 1.165) is 19.3 Å². The van der Waals surface area contributed by atoms with Gasteiger partial charge in [0.15, 0.2) is 0 Å². The lowest BCUT2D eigenvalue weighted by atomic mass is 9.99. The normalized spacial score (nSPS) is 12.3. The van der Waals surface area contributed by atoms with Gasteiger partial charge in [-0.1, -0.05) is 60.2 Å². The van der Waals surface area contributed by atoms with Crippen LogP contribution in [0.15, 0.2) is 54.6 Å². The van der Waals surface area contributed by atoms with Gasteiger partial charge in [-0.05, 0) is 37.3 Å². The summed E-state index contributed by atoms with van der Waals surface area (Å²) in [4.78, 5) is 0. The minimum atomic E-state index is 0.161. The number of benzene rings is 2. The number of hydrogen-bond acceptors (Lipinski definition) is 1. The highest BCUT2D eigenvalue weighted by molar-refractivity contribution is 5.23. The van der Waals surface area contributed by atoms with Crippen molar-refractivity contribution >= 4 is 0 Å². The highest BCUT2D eigenvalue weighted by Crippen LogP contribution is 2.17. The summed E-state index contributed by atoms with van der Waals surface area (Å²) < 4.78 is 0. The molecule has 18 heavy (non-hydrogen) atoms. The first-order valence-corrected chi connectivity index (χ1v) is 6.62. The van der Waals surface area contributed by atoms with Crippen molar-refractivity contribution in [3.8, 4) is 0 Å². The van der Waals surface area contributed by atoms with Gasteiger partial charge in [-0.2, -0.15) is 0 Å². The van der Waals surface area contributed by atoms with Crippen LogP contribution in [0.3, 0.4) is 0 Å². The van der Waals surface area contributed by atoms with Gasteiger partial charge < -0.3 is 5.73 Å². The summed E-state index contributed by atoms with van der Waals surface area (Å²) in [7, 11) is 0. The summed E-state index contributed by atoms with van der Waals surface area (Å²) in [6, 6.07) is 19.3. The van der Waals surface area contributed by atoms with E-state index < -0.39 is 0 Å². The van der Waals surface area contributed by atoms with Crippen LogP contribution in [0.4, 0.5) is 0 Å². The zero-order valence-electron chi connectivity index (χ0n) is 11.0. The van der Waals surface area contributed by atoms with Crippen molar-refractivity contribution in [3.05, 3.63) is 71.3 Å². The molecule has 2 N–H and O–H groups in total. The number of rotatable bonds is 5. The van der Waals surface area contributed by atoms with Crippen LogP contribution in [0, 0.1) is 6.92 Å². The van der Waals surface area contributed by atoms with E-state index in [-0.39, 0.29) is 6.04 Å². The lowest BCUT2D eigenvalue weighted by molar-refractivity contribution is 0.611. The third kappa shape index (κ3) is 3.71. The molecular weight excluding hydrogens is 218 g/mol. The van der Waals surface area contributed by atoms with Crippen LogP contribution in [-0.2, 0) is 6.42 Å². The average Bonchev–Trinajstić information content (AvgIpc) is 2.40. The van der Waals surface area contributed by atoms with Gasteiger partial charge in [0.1, 0.15) is 0 Å². The molecule has 1 nitrogen and oxygen atoms in total. The van der Waals surface area contributed by atoms with Crippen LogP contribution in [0.2, 0.25) is 0 Å². The molecule has 0 fully saturated rings. The average molecular weight is 239 g/mol. The molecule has 1 unspecified atom stereocenters. The van der Waals surface area contributed by atoms with E-state index in [1.54, 1.807) is 0 Å². The lowest BCUT2D eigenvalue weighted by Crippen LogP contribution is -2.10. The summed E-state index contributed by atoms with van der Waals surface area (Å²) in [6.45, 7) is 2.10. The fraction of sp³-hybridized carbons (Fsp3) is 0.294. The summed E-state index contributed by atoms with van der Waals surface area (Å²) in [5.74, 6) is 0. The molecule has 0 aliphatic rings. The molecule has 0 spiro atoms. The molecule has 94 valence electrons. The van der Waals surface area contributed by atoms with Gasteiger partial charge >= 0.3 is 0 Å².